The molecular weight excluding hydrogens is 350 g/mol. The number of nitrogens with zero attached hydrogens (tertiary/aromatic N) is 2. The summed E-state index contributed by atoms with van der Waals surface area (Å²) >= 11 is 0. The second-order valence-electron chi connectivity index (χ2n) is 4.82. The number of hydrogen-bond acceptors (Lipinski definition) is 8. The topological polar surface area (TPSA) is 117 Å². The summed E-state index contributed by atoms with van der Waals surface area (Å²) in [6, 6.07) is 7.91. The maximum atomic E-state index is 11.7. The Kier molecular flexibility index (Phi) is 4.47. The van der Waals surface area contributed by atoms with Crippen LogP contribution in [0.1, 0.15) is 0 Å². The Bertz CT molecular complexity index is 992. The number of aromatic nitrogens is 2. The summed E-state index contributed by atoms with van der Waals surface area (Å²) in [4.78, 5) is 4.22. The lowest BCUT2D eigenvalue weighted by Crippen LogP contribution is -2.17. The lowest BCUT2D eigenvalue weighted by Gasteiger charge is -2.07. The van der Waals surface area contributed by atoms with E-state index in [0.717, 1.165) is 0 Å². The van der Waals surface area contributed by atoms with Gasteiger partial charge >= 0.3 is 0 Å². The largest absolute Gasteiger partial charge is 0.493 e. The predicted molar refractivity (Wildman–Crippen MR) is 86.8 cm³/mol. The van der Waals surface area contributed by atoms with E-state index in [0.29, 0.717) is 22.9 Å². The van der Waals surface area contributed by atoms with Crippen molar-refractivity contribution < 1.29 is 26.8 Å². The Hall–Kier alpha value is -2.85. The fraction of sp³-hybridized carbons (Fsp3) is 0.200. The lowest BCUT2D eigenvalue weighted by molar-refractivity contribution is 0.355. The van der Waals surface area contributed by atoms with Crippen molar-refractivity contribution in [2.24, 2.45) is 0 Å². The van der Waals surface area contributed by atoms with Crippen LogP contribution in [0.2, 0.25) is 0 Å². The van der Waals surface area contributed by atoms with Crippen molar-refractivity contribution in [2.75, 3.05) is 21.3 Å². The van der Waals surface area contributed by atoms with Crippen molar-refractivity contribution in [1.29, 1.82) is 0 Å². The van der Waals surface area contributed by atoms with Crippen molar-refractivity contribution in [3.8, 4) is 34.5 Å². The summed E-state index contributed by atoms with van der Waals surface area (Å²) < 4.78 is 46.4. The average molecular weight is 365 g/mol. The van der Waals surface area contributed by atoms with Crippen molar-refractivity contribution in [3.05, 3.63) is 30.3 Å². The third kappa shape index (κ3) is 3.21. The molecule has 3 aromatic rings. The zero-order valence-electron chi connectivity index (χ0n) is 13.6. The second-order valence-corrected chi connectivity index (χ2v) is 6.64. The number of methoxy groups -OCH3 is 2. The highest BCUT2D eigenvalue weighted by Gasteiger charge is 2.20. The number of rotatable bonds is 6. The van der Waals surface area contributed by atoms with E-state index in [4.69, 9.17) is 18.4 Å². The van der Waals surface area contributed by atoms with Gasteiger partial charge in [0, 0.05) is 5.56 Å². The molecule has 1 N–H and O–H groups in total. The third-order valence-electron chi connectivity index (χ3n) is 3.39. The molecule has 0 unspecified atom stereocenters. The van der Waals surface area contributed by atoms with Crippen LogP contribution in [0, 0.1) is 0 Å². The first kappa shape index (κ1) is 17.0. The molecule has 2 heterocycles. The molecule has 0 saturated heterocycles. The van der Waals surface area contributed by atoms with Crippen LogP contribution < -0.4 is 14.2 Å². The van der Waals surface area contributed by atoms with Crippen molar-refractivity contribution >= 4 is 10.0 Å². The fourth-order valence-corrected chi connectivity index (χ4v) is 2.74. The smallest absolute Gasteiger partial charge is 0.293 e. The van der Waals surface area contributed by atoms with Crippen LogP contribution in [-0.2, 0) is 10.0 Å². The molecule has 0 aliphatic heterocycles. The molecule has 1 aromatic carbocycles. The number of furan rings is 1. The molecule has 0 radical (unpaired) electrons. The number of ether oxygens (including phenoxy) is 2. The van der Waals surface area contributed by atoms with E-state index in [1.807, 2.05) is 0 Å². The fourth-order valence-electron chi connectivity index (χ4n) is 2.10. The van der Waals surface area contributed by atoms with Crippen molar-refractivity contribution in [1.82, 2.24) is 14.9 Å². The first-order valence-corrected chi connectivity index (χ1v) is 8.56. The van der Waals surface area contributed by atoms with Crippen molar-refractivity contribution in [3.63, 3.8) is 0 Å². The predicted octanol–water partition coefficient (Wildman–Crippen LogP) is 1.92. The Morgan fingerprint density at radius 2 is 1.84 bits per heavy atom. The minimum absolute atomic E-state index is 0.0577. The van der Waals surface area contributed by atoms with E-state index < -0.39 is 10.0 Å². The van der Waals surface area contributed by atoms with Crippen LogP contribution in [0.15, 0.2) is 44.4 Å². The summed E-state index contributed by atoms with van der Waals surface area (Å²) in [5.74, 6) is 1.59. The van der Waals surface area contributed by atoms with E-state index in [1.54, 1.807) is 18.2 Å². The van der Waals surface area contributed by atoms with E-state index >= 15 is 0 Å². The highest BCUT2D eigenvalue weighted by atomic mass is 32.2. The van der Waals surface area contributed by atoms with E-state index in [1.165, 1.54) is 33.4 Å². The number of nitrogens with one attached hydrogen (secondary N) is 1. The molecule has 0 bridgehead atoms. The van der Waals surface area contributed by atoms with Gasteiger partial charge in [-0.1, -0.05) is 5.16 Å². The minimum atomic E-state index is -3.68. The van der Waals surface area contributed by atoms with Crippen LogP contribution in [0.3, 0.4) is 0 Å². The number of hydrogen-bond donors (Lipinski definition) is 1. The van der Waals surface area contributed by atoms with Gasteiger partial charge in [0.25, 0.3) is 15.9 Å². The molecule has 9 nitrogen and oxygen atoms in total. The summed E-state index contributed by atoms with van der Waals surface area (Å²) in [6.45, 7) is 0. The van der Waals surface area contributed by atoms with Crippen LogP contribution in [0.5, 0.6) is 11.5 Å². The molecule has 10 heteroatoms. The second kappa shape index (κ2) is 6.57. The summed E-state index contributed by atoms with van der Waals surface area (Å²) in [5.41, 5.74) is 0.641. The van der Waals surface area contributed by atoms with Gasteiger partial charge in [0.1, 0.15) is 0 Å². The molecule has 0 aliphatic carbocycles. The van der Waals surface area contributed by atoms with Crippen LogP contribution in [-0.4, -0.2) is 39.8 Å². The van der Waals surface area contributed by atoms with E-state index in [-0.39, 0.29) is 16.7 Å². The van der Waals surface area contributed by atoms with Crippen molar-refractivity contribution in [2.45, 2.75) is 5.09 Å². The molecule has 25 heavy (non-hydrogen) atoms. The third-order valence-corrected chi connectivity index (χ3v) is 4.68. The normalized spacial score (nSPS) is 11.5. The van der Waals surface area contributed by atoms with Gasteiger partial charge in [0.05, 0.1) is 14.2 Å². The van der Waals surface area contributed by atoms with Gasteiger partial charge in [0.2, 0.25) is 10.9 Å². The summed E-state index contributed by atoms with van der Waals surface area (Å²) in [7, 11) is 0.670. The highest BCUT2D eigenvalue weighted by molar-refractivity contribution is 7.89. The van der Waals surface area contributed by atoms with Crippen LogP contribution in [0.4, 0.5) is 0 Å². The molecule has 0 saturated carbocycles. The quantitative estimate of drug-likeness (QED) is 0.704. The molecule has 132 valence electrons. The van der Waals surface area contributed by atoms with Gasteiger partial charge in [-0.15, -0.1) is 0 Å². The Morgan fingerprint density at radius 3 is 2.52 bits per heavy atom. The summed E-state index contributed by atoms with van der Waals surface area (Å²) in [6.07, 6.45) is 0. The molecule has 0 spiro atoms. The maximum Gasteiger partial charge on any atom is 0.293 e. The zero-order chi connectivity index (χ0) is 18.0. The Labute approximate surface area is 143 Å². The molecule has 0 aliphatic rings. The molecule has 3 rings (SSSR count). The van der Waals surface area contributed by atoms with Crippen LogP contribution >= 0.6 is 0 Å². The van der Waals surface area contributed by atoms with Gasteiger partial charge in [-0.2, -0.15) is 4.98 Å². The lowest BCUT2D eigenvalue weighted by atomic mass is 10.2. The van der Waals surface area contributed by atoms with E-state index in [9.17, 15) is 8.42 Å². The minimum Gasteiger partial charge on any atom is -0.493 e. The maximum absolute atomic E-state index is 11.7. The highest BCUT2D eigenvalue weighted by Crippen LogP contribution is 2.32. The molecular formula is C15H15N3O6S. The van der Waals surface area contributed by atoms with Gasteiger partial charge in [-0.05, 0) is 37.4 Å². The molecule has 0 fully saturated rings. The Balaban J connectivity index is 1.93. The van der Waals surface area contributed by atoms with Gasteiger partial charge in [-0.3, -0.25) is 0 Å². The standard InChI is InChI=1S/C15H15N3O6S/c1-16-25(19,20)13-7-6-11(23-13)15-17-14(18-24-15)9-4-5-10(21-2)12(8-9)22-3/h4-8,16H,1-3H3. The first-order chi connectivity index (χ1) is 12.0. The zero-order valence-corrected chi connectivity index (χ0v) is 14.5. The number of sulfonamides is 1. The molecule has 0 amide bonds. The average Bonchev–Trinajstić information content (AvgIpc) is 3.30. The van der Waals surface area contributed by atoms with E-state index in [2.05, 4.69) is 14.9 Å². The van der Waals surface area contributed by atoms with Gasteiger partial charge in [0.15, 0.2) is 17.3 Å². The molecule has 0 atom stereocenters. The van der Waals surface area contributed by atoms with Crippen LogP contribution in [0.25, 0.3) is 23.0 Å². The summed E-state index contributed by atoms with van der Waals surface area (Å²) in [5, 5.41) is 3.64. The Morgan fingerprint density at radius 1 is 1.08 bits per heavy atom. The first-order valence-electron chi connectivity index (χ1n) is 7.08. The van der Waals surface area contributed by atoms with Gasteiger partial charge < -0.3 is 18.4 Å². The van der Waals surface area contributed by atoms with Gasteiger partial charge in [-0.25, -0.2) is 13.1 Å². The number of benzene rings is 1. The molecule has 2 aromatic heterocycles. The SMILES string of the molecule is CNS(=O)(=O)c1ccc(-c2nc(-c3ccc(OC)c(OC)c3)no2)o1. The monoisotopic (exact) mass is 365 g/mol.